The van der Waals surface area contributed by atoms with E-state index in [0.717, 1.165) is 19.5 Å². The Morgan fingerprint density at radius 3 is 2.65 bits per heavy atom. The number of hydrogen-bond donors (Lipinski definition) is 1. The third-order valence-electron chi connectivity index (χ3n) is 3.98. The highest BCUT2D eigenvalue weighted by Crippen LogP contribution is 2.19. The molecule has 100 valence electrons. The van der Waals surface area contributed by atoms with Gasteiger partial charge in [-0.25, -0.2) is 8.42 Å². The highest BCUT2D eigenvalue weighted by Gasteiger charge is 2.29. The molecule has 17 heavy (non-hydrogen) atoms. The van der Waals surface area contributed by atoms with Crippen LogP contribution >= 0.6 is 0 Å². The van der Waals surface area contributed by atoms with Crippen LogP contribution in [0.25, 0.3) is 0 Å². The van der Waals surface area contributed by atoms with E-state index in [0.29, 0.717) is 23.5 Å². The molecule has 0 aliphatic carbocycles. The third-order valence-corrected chi connectivity index (χ3v) is 5.74. The van der Waals surface area contributed by atoms with E-state index in [1.54, 1.807) is 0 Å². The molecule has 2 fully saturated rings. The number of nitrogens with one attached hydrogen (secondary N) is 1. The van der Waals surface area contributed by atoms with Crippen LogP contribution in [0.4, 0.5) is 0 Å². The Morgan fingerprint density at radius 1 is 1.35 bits per heavy atom. The van der Waals surface area contributed by atoms with Gasteiger partial charge in [0, 0.05) is 18.6 Å². The van der Waals surface area contributed by atoms with E-state index >= 15 is 0 Å². The van der Waals surface area contributed by atoms with E-state index in [4.69, 9.17) is 0 Å². The molecule has 2 heterocycles. The fourth-order valence-corrected chi connectivity index (χ4v) is 4.50. The van der Waals surface area contributed by atoms with Gasteiger partial charge in [-0.1, -0.05) is 0 Å². The average Bonchev–Trinajstić information content (AvgIpc) is 2.81. The van der Waals surface area contributed by atoms with Crippen LogP contribution in [-0.2, 0) is 9.84 Å². The fourth-order valence-electron chi connectivity index (χ4n) is 2.79. The second-order valence-electron chi connectivity index (χ2n) is 5.75. The van der Waals surface area contributed by atoms with Crippen molar-refractivity contribution < 1.29 is 8.42 Å². The van der Waals surface area contributed by atoms with Gasteiger partial charge in [0.05, 0.1) is 11.5 Å². The molecule has 0 aromatic carbocycles. The lowest BCUT2D eigenvalue weighted by Gasteiger charge is -2.21. The maximum absolute atomic E-state index is 11.3. The molecule has 0 aromatic heterocycles. The summed E-state index contributed by atoms with van der Waals surface area (Å²) in [4.78, 5) is 2.50. The molecule has 1 N–H and O–H groups in total. The molecule has 0 radical (unpaired) electrons. The molecule has 4 nitrogen and oxygen atoms in total. The molecule has 2 rings (SSSR count). The first-order chi connectivity index (χ1) is 7.96. The molecule has 2 aliphatic rings. The third kappa shape index (κ3) is 3.66. The van der Waals surface area contributed by atoms with Crippen LogP contribution in [0.15, 0.2) is 0 Å². The van der Waals surface area contributed by atoms with Crippen molar-refractivity contribution in [2.75, 3.05) is 31.1 Å². The predicted octanol–water partition coefficient (Wildman–Crippen LogP) is 0.493. The highest BCUT2D eigenvalue weighted by molar-refractivity contribution is 7.91. The summed E-state index contributed by atoms with van der Waals surface area (Å²) in [7, 11) is -2.74. The Morgan fingerprint density at radius 2 is 2.12 bits per heavy atom. The highest BCUT2D eigenvalue weighted by atomic mass is 32.2. The summed E-state index contributed by atoms with van der Waals surface area (Å²) in [6, 6.07) is 0.833. The second kappa shape index (κ2) is 5.24. The molecule has 2 saturated heterocycles. The van der Waals surface area contributed by atoms with E-state index < -0.39 is 9.84 Å². The Balaban J connectivity index is 1.70. The van der Waals surface area contributed by atoms with Crippen molar-refractivity contribution >= 4 is 9.84 Å². The van der Waals surface area contributed by atoms with Crippen LogP contribution in [0.5, 0.6) is 0 Å². The number of hydrogen-bond acceptors (Lipinski definition) is 4. The van der Waals surface area contributed by atoms with Gasteiger partial charge < -0.3 is 10.2 Å². The van der Waals surface area contributed by atoms with Crippen LogP contribution in [0.3, 0.4) is 0 Å². The Kier molecular flexibility index (Phi) is 4.10. The Bertz CT molecular complexity index is 354. The van der Waals surface area contributed by atoms with Crippen LogP contribution in [0.1, 0.15) is 26.7 Å². The minimum absolute atomic E-state index is 0.202. The number of rotatable bonds is 4. The minimum atomic E-state index is -2.74. The summed E-state index contributed by atoms with van der Waals surface area (Å²) >= 11 is 0. The van der Waals surface area contributed by atoms with Gasteiger partial charge in [0.2, 0.25) is 0 Å². The van der Waals surface area contributed by atoms with E-state index in [2.05, 4.69) is 24.1 Å². The average molecular weight is 260 g/mol. The first kappa shape index (κ1) is 13.3. The Labute approximate surface area is 105 Å². The normalized spacial score (nSPS) is 33.6. The van der Waals surface area contributed by atoms with Gasteiger partial charge in [-0.2, -0.15) is 0 Å². The van der Waals surface area contributed by atoms with Crippen molar-refractivity contribution in [2.24, 2.45) is 5.92 Å². The zero-order valence-electron chi connectivity index (χ0n) is 10.9. The van der Waals surface area contributed by atoms with E-state index in [9.17, 15) is 8.42 Å². The van der Waals surface area contributed by atoms with Gasteiger partial charge in [0.1, 0.15) is 0 Å². The van der Waals surface area contributed by atoms with Crippen molar-refractivity contribution in [2.45, 2.75) is 38.8 Å². The van der Waals surface area contributed by atoms with E-state index in [1.807, 2.05) is 0 Å². The standard InChI is InChI=1S/C12H24N2O2S/c1-10(2)14-5-3-11(8-14)7-13-12-4-6-17(15,16)9-12/h10-13H,3-9H2,1-2H3. The first-order valence-electron chi connectivity index (χ1n) is 6.64. The largest absolute Gasteiger partial charge is 0.313 e. The molecule has 0 aromatic rings. The van der Waals surface area contributed by atoms with Gasteiger partial charge >= 0.3 is 0 Å². The monoisotopic (exact) mass is 260 g/mol. The quantitative estimate of drug-likeness (QED) is 0.799. The maximum atomic E-state index is 11.3. The predicted molar refractivity (Wildman–Crippen MR) is 69.9 cm³/mol. The van der Waals surface area contributed by atoms with Crippen molar-refractivity contribution in [3.63, 3.8) is 0 Å². The Hall–Kier alpha value is -0.130. The fraction of sp³-hybridized carbons (Fsp3) is 1.00. The molecule has 0 spiro atoms. The molecule has 0 saturated carbocycles. The molecule has 2 aliphatic heterocycles. The molecule has 0 amide bonds. The van der Waals surface area contributed by atoms with Crippen molar-refractivity contribution in [3.05, 3.63) is 0 Å². The zero-order chi connectivity index (χ0) is 12.5. The maximum Gasteiger partial charge on any atom is 0.151 e. The van der Waals surface area contributed by atoms with Crippen LogP contribution in [-0.4, -0.2) is 56.5 Å². The molecule has 2 atom stereocenters. The van der Waals surface area contributed by atoms with Gasteiger partial charge in [-0.05, 0) is 45.7 Å². The molecule has 5 heteroatoms. The minimum Gasteiger partial charge on any atom is -0.313 e. The van der Waals surface area contributed by atoms with E-state index in [-0.39, 0.29) is 6.04 Å². The van der Waals surface area contributed by atoms with E-state index in [1.165, 1.54) is 13.0 Å². The summed E-state index contributed by atoms with van der Waals surface area (Å²) in [6.07, 6.45) is 2.04. The SMILES string of the molecule is CC(C)N1CCC(CNC2CCS(=O)(=O)C2)C1. The lowest BCUT2D eigenvalue weighted by Crippen LogP contribution is -2.36. The van der Waals surface area contributed by atoms with Crippen LogP contribution < -0.4 is 5.32 Å². The topological polar surface area (TPSA) is 49.4 Å². The van der Waals surface area contributed by atoms with Gasteiger partial charge in [-0.15, -0.1) is 0 Å². The summed E-state index contributed by atoms with van der Waals surface area (Å²) in [6.45, 7) is 7.79. The van der Waals surface area contributed by atoms with Crippen LogP contribution in [0, 0.1) is 5.92 Å². The smallest absolute Gasteiger partial charge is 0.151 e. The zero-order valence-corrected chi connectivity index (χ0v) is 11.7. The van der Waals surface area contributed by atoms with Crippen molar-refractivity contribution in [1.29, 1.82) is 0 Å². The lowest BCUT2D eigenvalue weighted by molar-refractivity contribution is 0.263. The van der Waals surface area contributed by atoms with Gasteiger partial charge in [-0.3, -0.25) is 0 Å². The summed E-state index contributed by atoms with van der Waals surface area (Å²) in [5, 5.41) is 3.43. The molecular formula is C12H24N2O2S. The van der Waals surface area contributed by atoms with Crippen molar-refractivity contribution in [1.82, 2.24) is 10.2 Å². The number of nitrogens with zero attached hydrogens (tertiary/aromatic N) is 1. The second-order valence-corrected chi connectivity index (χ2v) is 7.98. The summed E-state index contributed by atoms with van der Waals surface area (Å²) < 4.78 is 22.7. The molecule has 0 bridgehead atoms. The number of likely N-dealkylation sites (tertiary alicyclic amines) is 1. The van der Waals surface area contributed by atoms with Crippen LogP contribution in [0.2, 0.25) is 0 Å². The van der Waals surface area contributed by atoms with Crippen molar-refractivity contribution in [3.8, 4) is 0 Å². The van der Waals surface area contributed by atoms with Gasteiger partial charge in [0.25, 0.3) is 0 Å². The number of sulfone groups is 1. The first-order valence-corrected chi connectivity index (χ1v) is 8.46. The summed E-state index contributed by atoms with van der Waals surface area (Å²) in [5.74, 6) is 1.40. The van der Waals surface area contributed by atoms with Gasteiger partial charge in [0.15, 0.2) is 9.84 Å². The molecular weight excluding hydrogens is 236 g/mol. The summed E-state index contributed by atoms with van der Waals surface area (Å²) in [5.41, 5.74) is 0. The molecule has 2 unspecified atom stereocenters. The lowest BCUT2D eigenvalue weighted by atomic mass is 10.1.